The predicted octanol–water partition coefficient (Wildman–Crippen LogP) is 1.60. The summed E-state index contributed by atoms with van der Waals surface area (Å²) in [6.07, 6.45) is 5.84. The highest BCUT2D eigenvalue weighted by Gasteiger charge is 2.16. The van der Waals surface area contributed by atoms with Crippen LogP contribution < -0.4 is 10.6 Å². The lowest BCUT2D eigenvalue weighted by Crippen LogP contribution is -2.46. The van der Waals surface area contributed by atoms with Crippen LogP contribution in [-0.4, -0.2) is 50.0 Å². The number of nitrogens with zero attached hydrogens (tertiary/aromatic N) is 2. The average molecular weight is 282 g/mol. The van der Waals surface area contributed by atoms with Crippen molar-refractivity contribution in [3.8, 4) is 0 Å². The van der Waals surface area contributed by atoms with Gasteiger partial charge in [0.2, 0.25) is 5.91 Å². The van der Waals surface area contributed by atoms with Gasteiger partial charge in [-0.1, -0.05) is 13.8 Å². The number of piperidine rings is 1. The van der Waals surface area contributed by atoms with Gasteiger partial charge in [0.15, 0.2) is 5.96 Å². The van der Waals surface area contributed by atoms with Crippen molar-refractivity contribution in [2.45, 2.75) is 46.0 Å². The van der Waals surface area contributed by atoms with Crippen molar-refractivity contribution in [1.29, 1.82) is 0 Å². The zero-order valence-electron chi connectivity index (χ0n) is 13.2. The summed E-state index contributed by atoms with van der Waals surface area (Å²) in [4.78, 5) is 18.1. The minimum Gasteiger partial charge on any atom is -0.356 e. The van der Waals surface area contributed by atoms with Gasteiger partial charge in [-0.25, -0.2) is 0 Å². The van der Waals surface area contributed by atoms with Gasteiger partial charge in [0.1, 0.15) is 0 Å². The summed E-state index contributed by atoms with van der Waals surface area (Å²) >= 11 is 0. The van der Waals surface area contributed by atoms with E-state index >= 15 is 0 Å². The smallest absolute Gasteiger partial charge is 0.241 e. The van der Waals surface area contributed by atoms with Crippen molar-refractivity contribution in [3.63, 3.8) is 0 Å². The summed E-state index contributed by atoms with van der Waals surface area (Å²) in [7, 11) is 1.74. The molecule has 0 atom stereocenters. The molecule has 0 bridgehead atoms. The molecule has 20 heavy (non-hydrogen) atoms. The highest BCUT2D eigenvalue weighted by atomic mass is 16.2. The quantitative estimate of drug-likeness (QED) is 0.442. The Morgan fingerprint density at radius 2 is 1.90 bits per heavy atom. The largest absolute Gasteiger partial charge is 0.356 e. The van der Waals surface area contributed by atoms with Crippen LogP contribution >= 0.6 is 0 Å². The predicted molar refractivity (Wildman–Crippen MR) is 83.9 cm³/mol. The second kappa shape index (κ2) is 9.61. The summed E-state index contributed by atoms with van der Waals surface area (Å²) in [6, 6.07) is 0. The molecule has 1 saturated heterocycles. The summed E-state index contributed by atoms with van der Waals surface area (Å²) < 4.78 is 0. The first-order chi connectivity index (χ1) is 9.63. The van der Waals surface area contributed by atoms with Crippen LogP contribution in [0.1, 0.15) is 46.0 Å². The van der Waals surface area contributed by atoms with E-state index in [4.69, 9.17) is 0 Å². The number of hydrogen-bond acceptors (Lipinski definition) is 2. The highest BCUT2D eigenvalue weighted by molar-refractivity contribution is 5.86. The van der Waals surface area contributed by atoms with Crippen molar-refractivity contribution in [2.24, 2.45) is 10.9 Å². The fraction of sp³-hybridized carbons (Fsp3) is 0.867. The topological polar surface area (TPSA) is 56.7 Å². The van der Waals surface area contributed by atoms with E-state index < -0.39 is 0 Å². The lowest BCUT2D eigenvalue weighted by Gasteiger charge is -2.27. The zero-order chi connectivity index (χ0) is 14.8. The molecule has 0 aromatic carbocycles. The lowest BCUT2D eigenvalue weighted by molar-refractivity contribution is -0.130. The van der Waals surface area contributed by atoms with Crippen LogP contribution in [0.2, 0.25) is 0 Å². The Labute approximate surface area is 123 Å². The highest BCUT2D eigenvalue weighted by Crippen LogP contribution is 2.08. The number of carbonyl (C=O) groups excluding carboxylic acids is 1. The average Bonchev–Trinajstić information content (AvgIpc) is 2.47. The monoisotopic (exact) mass is 282 g/mol. The van der Waals surface area contributed by atoms with E-state index in [0.717, 1.165) is 50.8 Å². The first-order valence-electron chi connectivity index (χ1n) is 7.85. The third kappa shape index (κ3) is 6.78. The second-order valence-electron chi connectivity index (χ2n) is 5.83. The van der Waals surface area contributed by atoms with E-state index in [0.29, 0.717) is 6.54 Å². The van der Waals surface area contributed by atoms with Gasteiger partial charge in [-0.3, -0.25) is 9.79 Å². The summed E-state index contributed by atoms with van der Waals surface area (Å²) in [5.74, 6) is 1.63. The van der Waals surface area contributed by atoms with Crippen LogP contribution in [0.4, 0.5) is 0 Å². The standard InChI is InChI=1S/C15H30N4O/c1-13(2)8-7-9-17-15(16-3)18-12-14(20)19-10-5-4-6-11-19/h13H,4-12H2,1-3H3,(H2,16,17,18). The molecule has 5 heteroatoms. The maximum absolute atomic E-state index is 12.0. The molecule has 0 saturated carbocycles. The van der Waals surface area contributed by atoms with Gasteiger partial charge in [0.05, 0.1) is 6.54 Å². The van der Waals surface area contributed by atoms with Gasteiger partial charge < -0.3 is 15.5 Å². The number of hydrogen-bond donors (Lipinski definition) is 2. The molecule has 1 amide bonds. The van der Waals surface area contributed by atoms with Crippen LogP contribution in [0.15, 0.2) is 4.99 Å². The molecule has 1 aliphatic rings. The molecular formula is C15H30N4O. The van der Waals surface area contributed by atoms with Crippen LogP contribution in [0, 0.1) is 5.92 Å². The van der Waals surface area contributed by atoms with Crippen LogP contribution in [0.25, 0.3) is 0 Å². The van der Waals surface area contributed by atoms with E-state index in [-0.39, 0.29) is 5.91 Å². The summed E-state index contributed by atoms with van der Waals surface area (Å²) in [6.45, 7) is 7.50. The van der Waals surface area contributed by atoms with Crippen molar-refractivity contribution < 1.29 is 4.79 Å². The molecule has 116 valence electrons. The summed E-state index contributed by atoms with van der Waals surface area (Å²) in [5, 5.41) is 6.35. The van der Waals surface area contributed by atoms with Crippen molar-refractivity contribution >= 4 is 11.9 Å². The molecule has 2 N–H and O–H groups in total. The first kappa shape index (κ1) is 16.8. The minimum absolute atomic E-state index is 0.176. The molecule has 0 aliphatic carbocycles. The number of aliphatic imine (C=N–C) groups is 1. The normalized spacial score (nSPS) is 16.4. The van der Waals surface area contributed by atoms with E-state index in [1.54, 1.807) is 7.05 Å². The Morgan fingerprint density at radius 3 is 2.50 bits per heavy atom. The molecule has 0 aromatic rings. The molecule has 0 radical (unpaired) electrons. The molecule has 0 aromatic heterocycles. The van der Waals surface area contributed by atoms with Gasteiger partial charge in [0, 0.05) is 26.7 Å². The number of nitrogens with one attached hydrogen (secondary N) is 2. The number of rotatable bonds is 6. The SMILES string of the molecule is CN=C(NCCCC(C)C)NCC(=O)N1CCCCC1. The van der Waals surface area contributed by atoms with Gasteiger partial charge in [-0.05, 0) is 38.0 Å². The maximum Gasteiger partial charge on any atom is 0.241 e. The van der Waals surface area contributed by atoms with Crippen molar-refractivity contribution in [1.82, 2.24) is 15.5 Å². The Kier molecular flexibility index (Phi) is 8.07. The van der Waals surface area contributed by atoms with Gasteiger partial charge in [0.25, 0.3) is 0 Å². The third-order valence-corrected chi connectivity index (χ3v) is 3.59. The number of amides is 1. The maximum atomic E-state index is 12.0. The Bertz CT molecular complexity index is 309. The first-order valence-corrected chi connectivity index (χ1v) is 7.85. The molecule has 5 nitrogen and oxygen atoms in total. The number of carbonyl (C=O) groups is 1. The number of likely N-dealkylation sites (tertiary alicyclic amines) is 1. The molecule has 1 rings (SSSR count). The molecule has 0 unspecified atom stereocenters. The van der Waals surface area contributed by atoms with E-state index in [1.165, 1.54) is 12.8 Å². The minimum atomic E-state index is 0.176. The van der Waals surface area contributed by atoms with E-state index in [2.05, 4.69) is 29.5 Å². The van der Waals surface area contributed by atoms with Gasteiger partial charge >= 0.3 is 0 Å². The van der Waals surface area contributed by atoms with Crippen LogP contribution in [-0.2, 0) is 4.79 Å². The van der Waals surface area contributed by atoms with E-state index in [1.807, 2.05) is 4.90 Å². The molecular weight excluding hydrogens is 252 g/mol. The van der Waals surface area contributed by atoms with Gasteiger partial charge in [-0.15, -0.1) is 0 Å². The number of guanidine groups is 1. The molecule has 1 aliphatic heterocycles. The van der Waals surface area contributed by atoms with E-state index in [9.17, 15) is 4.79 Å². The van der Waals surface area contributed by atoms with Crippen LogP contribution in [0.3, 0.4) is 0 Å². The molecule has 1 heterocycles. The van der Waals surface area contributed by atoms with Crippen LogP contribution in [0.5, 0.6) is 0 Å². The second-order valence-corrected chi connectivity index (χ2v) is 5.83. The molecule has 0 spiro atoms. The van der Waals surface area contributed by atoms with Gasteiger partial charge in [-0.2, -0.15) is 0 Å². The Morgan fingerprint density at radius 1 is 1.20 bits per heavy atom. The fourth-order valence-corrected chi connectivity index (χ4v) is 2.35. The zero-order valence-corrected chi connectivity index (χ0v) is 13.2. The Hall–Kier alpha value is -1.26. The fourth-order valence-electron chi connectivity index (χ4n) is 2.35. The summed E-state index contributed by atoms with van der Waals surface area (Å²) in [5.41, 5.74) is 0. The lowest BCUT2D eigenvalue weighted by atomic mass is 10.1. The Balaban J connectivity index is 2.18. The molecule has 1 fully saturated rings. The van der Waals surface area contributed by atoms with Crippen molar-refractivity contribution in [3.05, 3.63) is 0 Å². The van der Waals surface area contributed by atoms with Crippen molar-refractivity contribution in [2.75, 3.05) is 33.2 Å². The third-order valence-electron chi connectivity index (χ3n) is 3.59.